The molecule has 0 atom stereocenters. The Labute approximate surface area is 208 Å². The molecule has 0 aliphatic carbocycles. The Morgan fingerprint density at radius 2 is 1.59 bits per heavy atom. The van der Waals surface area contributed by atoms with E-state index in [4.69, 9.17) is 0 Å². The molecule has 0 bridgehead atoms. The Bertz CT molecular complexity index is 1080. The minimum Gasteiger partial charge on any atom is -0.341 e. The zero-order chi connectivity index (χ0) is 23.7. The first-order valence-electron chi connectivity index (χ1n) is 11.9. The van der Waals surface area contributed by atoms with Crippen LogP contribution < -0.4 is 4.90 Å². The van der Waals surface area contributed by atoms with Crippen molar-refractivity contribution in [2.45, 2.75) is 31.2 Å². The number of halogens is 1. The average molecular weight is 525 g/mol. The molecule has 7 nitrogen and oxygen atoms in total. The second kappa shape index (κ2) is 9.41. The standard InChI is InChI=1S/C26H29BrN4O3/c27-21-8-6-7-20(17-21)24(33)29-15-11-26(12-16-29)25(34)30(18-23(32)28-13-4-5-14-28)19-31(26)22-9-2-1-3-10-22/h1-3,6-10,17H,4-5,11-16,18-19H2. The number of amides is 3. The monoisotopic (exact) mass is 524 g/mol. The third-order valence-corrected chi connectivity index (χ3v) is 7.81. The lowest BCUT2D eigenvalue weighted by Gasteiger charge is -2.43. The molecule has 0 aromatic heterocycles. The molecule has 0 N–H and O–H groups in total. The highest BCUT2D eigenvalue weighted by molar-refractivity contribution is 9.10. The largest absolute Gasteiger partial charge is 0.341 e. The van der Waals surface area contributed by atoms with Gasteiger partial charge >= 0.3 is 0 Å². The van der Waals surface area contributed by atoms with Gasteiger partial charge in [0.1, 0.15) is 12.1 Å². The molecule has 0 unspecified atom stereocenters. The van der Waals surface area contributed by atoms with Crippen molar-refractivity contribution in [3.8, 4) is 0 Å². The average Bonchev–Trinajstić information content (AvgIpc) is 3.49. The molecular weight excluding hydrogens is 496 g/mol. The van der Waals surface area contributed by atoms with Crippen molar-refractivity contribution in [3.63, 3.8) is 0 Å². The van der Waals surface area contributed by atoms with Crippen molar-refractivity contribution < 1.29 is 14.4 Å². The van der Waals surface area contributed by atoms with Crippen LogP contribution in [0.2, 0.25) is 0 Å². The van der Waals surface area contributed by atoms with Gasteiger partial charge in [-0.2, -0.15) is 0 Å². The second-order valence-electron chi connectivity index (χ2n) is 9.33. The van der Waals surface area contributed by atoms with Gasteiger partial charge in [0.25, 0.3) is 11.8 Å². The van der Waals surface area contributed by atoms with Crippen LogP contribution in [-0.4, -0.2) is 77.4 Å². The van der Waals surface area contributed by atoms with E-state index < -0.39 is 5.54 Å². The number of hydrogen-bond donors (Lipinski definition) is 0. The summed E-state index contributed by atoms with van der Waals surface area (Å²) in [5, 5.41) is 0. The Hall–Kier alpha value is -2.87. The minimum atomic E-state index is -0.735. The normalized spacial score (nSPS) is 19.9. The lowest BCUT2D eigenvalue weighted by Crippen LogP contribution is -2.57. The zero-order valence-corrected chi connectivity index (χ0v) is 20.7. The summed E-state index contributed by atoms with van der Waals surface area (Å²) in [5.74, 6) is 0.00515. The van der Waals surface area contributed by atoms with Gasteiger partial charge in [-0.3, -0.25) is 14.4 Å². The summed E-state index contributed by atoms with van der Waals surface area (Å²) in [5.41, 5.74) is 0.875. The fourth-order valence-electron chi connectivity index (χ4n) is 5.44. The van der Waals surface area contributed by atoms with Crippen molar-refractivity contribution in [1.29, 1.82) is 0 Å². The van der Waals surface area contributed by atoms with Crippen molar-refractivity contribution in [3.05, 3.63) is 64.6 Å². The number of carbonyl (C=O) groups is 3. The Kier molecular flexibility index (Phi) is 6.34. The molecule has 178 valence electrons. The number of carbonyl (C=O) groups excluding carboxylic acids is 3. The first-order chi connectivity index (χ1) is 16.5. The summed E-state index contributed by atoms with van der Waals surface area (Å²) in [6.07, 6.45) is 3.13. The van der Waals surface area contributed by atoms with Crippen molar-refractivity contribution >= 4 is 39.3 Å². The number of hydrogen-bond acceptors (Lipinski definition) is 4. The molecule has 1 spiro atoms. The molecule has 8 heteroatoms. The molecule has 3 amide bonds. The number of anilines is 1. The molecule has 34 heavy (non-hydrogen) atoms. The van der Waals surface area contributed by atoms with Gasteiger partial charge < -0.3 is 19.6 Å². The van der Waals surface area contributed by atoms with Crippen molar-refractivity contribution in [1.82, 2.24) is 14.7 Å². The SMILES string of the molecule is O=C(CN1CN(c2ccccc2)C2(CCN(C(=O)c3cccc(Br)c3)CC2)C1=O)N1CCCC1. The highest BCUT2D eigenvalue weighted by Gasteiger charge is 2.54. The van der Waals surface area contributed by atoms with Gasteiger partial charge in [-0.25, -0.2) is 0 Å². The first kappa shape index (κ1) is 22.9. The number of likely N-dealkylation sites (tertiary alicyclic amines) is 2. The van der Waals surface area contributed by atoms with Crippen LogP contribution in [0.3, 0.4) is 0 Å². The van der Waals surface area contributed by atoms with E-state index in [0.29, 0.717) is 38.2 Å². The number of nitrogens with zero attached hydrogens (tertiary/aromatic N) is 4. The summed E-state index contributed by atoms with van der Waals surface area (Å²) >= 11 is 3.44. The molecule has 2 aromatic carbocycles. The summed E-state index contributed by atoms with van der Waals surface area (Å²) < 4.78 is 0.867. The molecule has 3 aliphatic heterocycles. The van der Waals surface area contributed by atoms with E-state index in [1.165, 1.54) is 0 Å². The molecule has 3 saturated heterocycles. The molecule has 2 aromatic rings. The Morgan fingerprint density at radius 1 is 0.882 bits per heavy atom. The second-order valence-corrected chi connectivity index (χ2v) is 10.2. The highest BCUT2D eigenvalue weighted by atomic mass is 79.9. The summed E-state index contributed by atoms with van der Waals surface area (Å²) in [4.78, 5) is 47.3. The van der Waals surface area contributed by atoms with Crippen LogP contribution in [0.5, 0.6) is 0 Å². The van der Waals surface area contributed by atoms with E-state index in [9.17, 15) is 14.4 Å². The fourth-order valence-corrected chi connectivity index (χ4v) is 5.84. The maximum Gasteiger partial charge on any atom is 0.253 e. The number of para-hydroxylation sites is 1. The van der Waals surface area contributed by atoms with Gasteiger partial charge in [0.05, 0.1) is 6.67 Å². The smallest absolute Gasteiger partial charge is 0.253 e. The van der Waals surface area contributed by atoms with Gasteiger partial charge in [-0.15, -0.1) is 0 Å². The minimum absolute atomic E-state index is 0.00143. The van der Waals surface area contributed by atoms with Gasteiger partial charge in [0.2, 0.25) is 5.91 Å². The molecule has 0 saturated carbocycles. The molecule has 3 heterocycles. The van der Waals surface area contributed by atoms with Gasteiger partial charge in [-0.1, -0.05) is 40.2 Å². The zero-order valence-electron chi connectivity index (χ0n) is 19.2. The maximum atomic E-state index is 13.8. The highest BCUT2D eigenvalue weighted by Crippen LogP contribution is 2.39. The molecule has 0 radical (unpaired) electrons. The van der Waals surface area contributed by atoms with E-state index in [1.54, 1.807) is 4.90 Å². The van der Waals surface area contributed by atoms with Crippen molar-refractivity contribution in [2.24, 2.45) is 0 Å². The van der Waals surface area contributed by atoms with E-state index in [0.717, 1.165) is 36.1 Å². The van der Waals surface area contributed by atoms with Crippen LogP contribution in [0, 0.1) is 0 Å². The lowest BCUT2D eigenvalue weighted by molar-refractivity contribution is -0.140. The molecule has 5 rings (SSSR count). The molecule has 3 aliphatic rings. The van der Waals surface area contributed by atoms with Crippen LogP contribution in [0.4, 0.5) is 5.69 Å². The Morgan fingerprint density at radius 3 is 2.26 bits per heavy atom. The summed E-state index contributed by atoms with van der Waals surface area (Å²) in [6.45, 7) is 3.05. The molecular formula is C26H29BrN4O3. The quantitative estimate of drug-likeness (QED) is 0.615. The van der Waals surface area contributed by atoms with E-state index in [2.05, 4.69) is 20.8 Å². The topological polar surface area (TPSA) is 64.2 Å². The van der Waals surface area contributed by atoms with Gasteiger partial charge in [0, 0.05) is 41.9 Å². The van der Waals surface area contributed by atoms with Crippen LogP contribution in [0.1, 0.15) is 36.0 Å². The van der Waals surface area contributed by atoms with Gasteiger partial charge in [-0.05, 0) is 56.0 Å². The predicted octanol–water partition coefficient (Wildman–Crippen LogP) is 3.35. The van der Waals surface area contributed by atoms with Crippen LogP contribution in [0.25, 0.3) is 0 Å². The molecule has 3 fully saturated rings. The third-order valence-electron chi connectivity index (χ3n) is 7.32. The number of benzene rings is 2. The maximum absolute atomic E-state index is 13.8. The predicted molar refractivity (Wildman–Crippen MR) is 133 cm³/mol. The summed E-state index contributed by atoms with van der Waals surface area (Å²) in [7, 11) is 0. The first-order valence-corrected chi connectivity index (χ1v) is 12.7. The Balaban J connectivity index is 1.36. The van der Waals surface area contributed by atoms with Gasteiger partial charge in [0.15, 0.2) is 0 Å². The van der Waals surface area contributed by atoms with Crippen LogP contribution in [-0.2, 0) is 9.59 Å². The lowest BCUT2D eigenvalue weighted by atomic mass is 9.85. The van der Waals surface area contributed by atoms with Crippen LogP contribution >= 0.6 is 15.9 Å². The van der Waals surface area contributed by atoms with E-state index >= 15 is 0 Å². The summed E-state index contributed by atoms with van der Waals surface area (Å²) in [6, 6.07) is 17.3. The van der Waals surface area contributed by atoms with E-state index in [1.807, 2.05) is 64.4 Å². The third kappa shape index (κ3) is 4.19. The number of rotatable bonds is 4. The van der Waals surface area contributed by atoms with Crippen molar-refractivity contribution in [2.75, 3.05) is 44.3 Å². The fraction of sp³-hybridized carbons (Fsp3) is 0.423. The van der Waals surface area contributed by atoms with Crippen LogP contribution in [0.15, 0.2) is 59.1 Å². The number of piperidine rings is 1. The van der Waals surface area contributed by atoms with E-state index in [-0.39, 0.29) is 24.3 Å².